The van der Waals surface area contributed by atoms with E-state index in [0.29, 0.717) is 22.7 Å². The van der Waals surface area contributed by atoms with E-state index in [2.05, 4.69) is 5.32 Å². The molecule has 7 heteroatoms. The zero-order valence-electron chi connectivity index (χ0n) is 17.8. The summed E-state index contributed by atoms with van der Waals surface area (Å²) >= 11 is 0. The van der Waals surface area contributed by atoms with E-state index < -0.39 is 17.6 Å². The second-order valence-electron chi connectivity index (χ2n) is 7.19. The van der Waals surface area contributed by atoms with Gasteiger partial charge in [-0.15, -0.1) is 0 Å². The van der Waals surface area contributed by atoms with Gasteiger partial charge in [0.1, 0.15) is 11.5 Å². The number of imide groups is 1. The Hall–Kier alpha value is -4.13. The van der Waals surface area contributed by atoms with Gasteiger partial charge < -0.3 is 14.8 Å². The molecule has 6 nitrogen and oxygen atoms in total. The number of carbonyl (C=O) groups is 2. The fourth-order valence-electron chi connectivity index (χ4n) is 3.60. The van der Waals surface area contributed by atoms with Crippen LogP contribution in [-0.4, -0.2) is 26.0 Å². The second-order valence-corrected chi connectivity index (χ2v) is 7.19. The van der Waals surface area contributed by atoms with Crippen molar-refractivity contribution in [3.8, 4) is 11.5 Å². The summed E-state index contributed by atoms with van der Waals surface area (Å²) in [5.41, 5.74) is 2.46. The van der Waals surface area contributed by atoms with Crippen LogP contribution in [-0.2, 0) is 9.59 Å². The molecule has 0 spiro atoms. The number of aryl methyl sites for hydroxylation is 1. The predicted molar refractivity (Wildman–Crippen MR) is 120 cm³/mol. The summed E-state index contributed by atoms with van der Waals surface area (Å²) in [5.74, 6) is -0.783. The third kappa shape index (κ3) is 3.69. The average molecular weight is 432 g/mol. The van der Waals surface area contributed by atoms with E-state index in [0.717, 1.165) is 16.5 Å². The first-order valence-electron chi connectivity index (χ1n) is 9.88. The van der Waals surface area contributed by atoms with Gasteiger partial charge in [0, 0.05) is 5.69 Å². The van der Waals surface area contributed by atoms with E-state index >= 15 is 0 Å². The van der Waals surface area contributed by atoms with E-state index in [-0.39, 0.29) is 17.0 Å². The van der Waals surface area contributed by atoms with Crippen LogP contribution in [0, 0.1) is 12.7 Å². The van der Waals surface area contributed by atoms with Gasteiger partial charge in [-0.25, -0.2) is 9.29 Å². The Labute approximate surface area is 184 Å². The number of nitrogens with zero attached hydrogens (tertiary/aromatic N) is 1. The van der Waals surface area contributed by atoms with Crippen molar-refractivity contribution in [2.75, 3.05) is 24.4 Å². The van der Waals surface area contributed by atoms with Gasteiger partial charge in [-0.2, -0.15) is 0 Å². The molecule has 0 fully saturated rings. The van der Waals surface area contributed by atoms with Gasteiger partial charge >= 0.3 is 0 Å². The van der Waals surface area contributed by atoms with E-state index in [9.17, 15) is 14.0 Å². The quantitative estimate of drug-likeness (QED) is 0.579. The number of ether oxygens (including phenoxy) is 2. The molecule has 1 aliphatic heterocycles. The summed E-state index contributed by atoms with van der Waals surface area (Å²) in [4.78, 5) is 27.9. The molecule has 0 aromatic heterocycles. The van der Waals surface area contributed by atoms with Crippen molar-refractivity contribution in [3.63, 3.8) is 0 Å². The van der Waals surface area contributed by atoms with Gasteiger partial charge in [0.25, 0.3) is 11.8 Å². The topological polar surface area (TPSA) is 67.9 Å². The third-order valence-electron chi connectivity index (χ3n) is 5.23. The van der Waals surface area contributed by atoms with Crippen LogP contribution in [0.3, 0.4) is 0 Å². The molecule has 0 bridgehead atoms. The predicted octanol–water partition coefficient (Wildman–Crippen LogP) is 4.55. The van der Waals surface area contributed by atoms with Gasteiger partial charge in [0.05, 0.1) is 25.5 Å². The maximum atomic E-state index is 13.9. The molecule has 0 radical (unpaired) electrons. The van der Waals surface area contributed by atoms with E-state index in [1.807, 2.05) is 31.2 Å². The highest BCUT2D eigenvalue weighted by atomic mass is 19.1. The van der Waals surface area contributed by atoms with Crippen molar-refractivity contribution >= 4 is 28.8 Å². The number of nitrogens with one attached hydrogen (secondary N) is 1. The lowest BCUT2D eigenvalue weighted by Crippen LogP contribution is -2.32. The molecule has 0 atom stereocenters. The van der Waals surface area contributed by atoms with Gasteiger partial charge in [-0.3, -0.25) is 9.59 Å². The van der Waals surface area contributed by atoms with Crippen LogP contribution in [0.1, 0.15) is 11.1 Å². The van der Waals surface area contributed by atoms with Crippen LogP contribution in [0.15, 0.2) is 72.4 Å². The highest BCUT2D eigenvalue weighted by Gasteiger charge is 2.40. The Morgan fingerprint density at radius 1 is 0.844 bits per heavy atom. The smallest absolute Gasteiger partial charge is 0.282 e. The molecule has 0 unspecified atom stereocenters. The van der Waals surface area contributed by atoms with Gasteiger partial charge in [-0.05, 0) is 54.4 Å². The van der Waals surface area contributed by atoms with Crippen molar-refractivity contribution in [1.82, 2.24) is 0 Å². The highest BCUT2D eigenvalue weighted by molar-refractivity contribution is 6.46. The summed E-state index contributed by atoms with van der Waals surface area (Å²) in [5, 5.41) is 3.12. The number of anilines is 2. The molecule has 32 heavy (non-hydrogen) atoms. The molecule has 0 saturated carbocycles. The first kappa shape index (κ1) is 21.1. The van der Waals surface area contributed by atoms with Crippen LogP contribution >= 0.6 is 0 Å². The summed E-state index contributed by atoms with van der Waals surface area (Å²) in [6.45, 7) is 1.89. The largest absolute Gasteiger partial charge is 0.493 e. The van der Waals surface area contributed by atoms with E-state index in [1.165, 1.54) is 32.4 Å². The Kier molecular flexibility index (Phi) is 5.64. The molecule has 2 amide bonds. The van der Waals surface area contributed by atoms with Crippen LogP contribution < -0.4 is 19.7 Å². The van der Waals surface area contributed by atoms with Gasteiger partial charge in [0.2, 0.25) is 0 Å². The lowest BCUT2D eigenvalue weighted by atomic mass is 10.0. The SMILES string of the molecule is COc1ccc(C2=C(Nc3ccccc3C)C(=O)N(c3cccc(F)c3)C2=O)cc1OC. The second kappa shape index (κ2) is 8.55. The number of amides is 2. The number of halogens is 1. The number of hydrogen-bond acceptors (Lipinski definition) is 5. The first-order valence-corrected chi connectivity index (χ1v) is 9.88. The Balaban J connectivity index is 1.87. The molecule has 1 N–H and O–H groups in total. The molecule has 4 rings (SSSR count). The molecule has 0 aliphatic carbocycles. The first-order chi connectivity index (χ1) is 15.4. The molecule has 3 aromatic carbocycles. The van der Waals surface area contributed by atoms with Crippen LogP contribution in [0.25, 0.3) is 5.57 Å². The minimum absolute atomic E-state index is 0.0979. The van der Waals surface area contributed by atoms with E-state index in [1.54, 1.807) is 18.2 Å². The summed E-state index contributed by atoms with van der Waals surface area (Å²) in [6.07, 6.45) is 0. The van der Waals surface area contributed by atoms with Crippen LogP contribution in [0.2, 0.25) is 0 Å². The van der Waals surface area contributed by atoms with Crippen molar-refractivity contribution in [2.24, 2.45) is 0 Å². The maximum absolute atomic E-state index is 13.9. The Morgan fingerprint density at radius 3 is 2.28 bits per heavy atom. The zero-order chi connectivity index (χ0) is 22.8. The van der Waals surface area contributed by atoms with E-state index in [4.69, 9.17) is 9.47 Å². The standard InChI is InChI=1S/C25H21FN2O4/c1-15-7-4-5-10-19(15)27-23-22(16-11-12-20(31-2)21(13-16)32-3)24(29)28(25(23)30)18-9-6-8-17(26)14-18/h4-14,27H,1-3H3. The maximum Gasteiger partial charge on any atom is 0.282 e. The number of methoxy groups -OCH3 is 2. The Morgan fingerprint density at radius 2 is 1.59 bits per heavy atom. The molecule has 1 heterocycles. The zero-order valence-corrected chi connectivity index (χ0v) is 17.8. The van der Waals surface area contributed by atoms with Crippen LogP contribution in [0.5, 0.6) is 11.5 Å². The fourth-order valence-corrected chi connectivity index (χ4v) is 3.60. The lowest BCUT2D eigenvalue weighted by Gasteiger charge is -2.16. The normalized spacial score (nSPS) is 13.6. The number of para-hydroxylation sites is 1. The number of benzene rings is 3. The van der Waals surface area contributed by atoms with Gasteiger partial charge in [0.15, 0.2) is 11.5 Å². The monoisotopic (exact) mass is 432 g/mol. The van der Waals surface area contributed by atoms with Crippen molar-refractivity contribution < 1.29 is 23.5 Å². The lowest BCUT2D eigenvalue weighted by molar-refractivity contribution is -0.120. The number of hydrogen-bond donors (Lipinski definition) is 1. The molecule has 162 valence electrons. The summed E-state index contributed by atoms with van der Waals surface area (Å²) in [6, 6.07) is 17.8. The summed E-state index contributed by atoms with van der Waals surface area (Å²) < 4.78 is 24.5. The molecular formula is C25H21FN2O4. The number of rotatable bonds is 6. The molecule has 0 saturated heterocycles. The third-order valence-corrected chi connectivity index (χ3v) is 5.23. The molecule has 3 aromatic rings. The fraction of sp³-hybridized carbons (Fsp3) is 0.120. The Bertz CT molecular complexity index is 1250. The van der Waals surface area contributed by atoms with Crippen molar-refractivity contribution in [1.29, 1.82) is 0 Å². The minimum atomic E-state index is -0.575. The minimum Gasteiger partial charge on any atom is -0.493 e. The average Bonchev–Trinajstić information content (AvgIpc) is 3.04. The van der Waals surface area contributed by atoms with Crippen LogP contribution in [0.4, 0.5) is 15.8 Å². The van der Waals surface area contributed by atoms with Crippen molar-refractivity contribution in [3.05, 3.63) is 89.4 Å². The van der Waals surface area contributed by atoms with Gasteiger partial charge in [-0.1, -0.05) is 30.3 Å². The van der Waals surface area contributed by atoms with Crippen molar-refractivity contribution in [2.45, 2.75) is 6.92 Å². The molecule has 1 aliphatic rings. The summed E-state index contributed by atoms with van der Waals surface area (Å²) in [7, 11) is 3.00. The highest BCUT2D eigenvalue weighted by Crippen LogP contribution is 2.37. The number of carbonyl (C=O) groups excluding carboxylic acids is 2. The molecular weight excluding hydrogens is 411 g/mol.